The van der Waals surface area contributed by atoms with Crippen LogP contribution in [-0.2, 0) is 0 Å². The fourth-order valence-electron chi connectivity index (χ4n) is 2.12. The molecule has 1 unspecified atom stereocenters. The van der Waals surface area contributed by atoms with E-state index < -0.39 is 17.0 Å². The van der Waals surface area contributed by atoms with Gasteiger partial charge in [-0.15, -0.1) is 11.6 Å². The molecule has 0 spiro atoms. The van der Waals surface area contributed by atoms with Crippen molar-refractivity contribution in [2.24, 2.45) is 5.92 Å². The average Bonchev–Trinajstić information content (AvgIpc) is 2.22. The van der Waals surface area contributed by atoms with Gasteiger partial charge >= 0.3 is 0 Å². The highest BCUT2D eigenvalue weighted by atomic mass is 35.5. The SMILES string of the molecule is COc1cc(F)c(C(Cl)CC2CCC2)c(F)c1. The van der Waals surface area contributed by atoms with Crippen molar-refractivity contribution in [3.63, 3.8) is 0 Å². The van der Waals surface area contributed by atoms with Gasteiger partial charge < -0.3 is 4.74 Å². The summed E-state index contributed by atoms with van der Waals surface area (Å²) in [6, 6.07) is 2.35. The summed E-state index contributed by atoms with van der Waals surface area (Å²) in [5.74, 6) is -0.558. The van der Waals surface area contributed by atoms with E-state index in [0.717, 1.165) is 12.8 Å². The van der Waals surface area contributed by atoms with Gasteiger partial charge in [-0.1, -0.05) is 19.3 Å². The normalized spacial score (nSPS) is 17.6. The topological polar surface area (TPSA) is 9.23 Å². The minimum absolute atomic E-state index is 0.0284. The third-order valence-electron chi connectivity index (χ3n) is 3.37. The van der Waals surface area contributed by atoms with Crippen molar-refractivity contribution in [1.82, 2.24) is 0 Å². The summed E-state index contributed by atoms with van der Waals surface area (Å²) in [4.78, 5) is 0. The number of halogens is 3. The van der Waals surface area contributed by atoms with E-state index in [1.807, 2.05) is 0 Å². The van der Waals surface area contributed by atoms with Gasteiger partial charge in [0.2, 0.25) is 0 Å². The minimum Gasteiger partial charge on any atom is -0.497 e. The van der Waals surface area contributed by atoms with E-state index >= 15 is 0 Å². The number of ether oxygens (including phenoxy) is 1. The van der Waals surface area contributed by atoms with Crippen molar-refractivity contribution < 1.29 is 13.5 Å². The van der Waals surface area contributed by atoms with Crippen molar-refractivity contribution in [1.29, 1.82) is 0 Å². The Morgan fingerprint density at radius 1 is 1.35 bits per heavy atom. The van der Waals surface area contributed by atoms with E-state index in [0.29, 0.717) is 12.3 Å². The Labute approximate surface area is 105 Å². The van der Waals surface area contributed by atoms with Crippen LogP contribution in [0.5, 0.6) is 5.75 Å². The van der Waals surface area contributed by atoms with Crippen molar-refractivity contribution >= 4 is 11.6 Å². The lowest BCUT2D eigenvalue weighted by Gasteiger charge is -2.27. The molecule has 1 aromatic rings. The number of hydrogen-bond acceptors (Lipinski definition) is 1. The molecule has 0 bridgehead atoms. The molecule has 4 heteroatoms. The van der Waals surface area contributed by atoms with Gasteiger partial charge in [-0.3, -0.25) is 0 Å². The van der Waals surface area contributed by atoms with Gasteiger partial charge in [0.15, 0.2) is 0 Å². The molecule has 0 heterocycles. The Morgan fingerprint density at radius 3 is 2.35 bits per heavy atom. The van der Waals surface area contributed by atoms with Crippen molar-refractivity contribution in [2.75, 3.05) is 7.11 Å². The predicted molar refractivity (Wildman–Crippen MR) is 63.5 cm³/mol. The predicted octanol–water partition coefficient (Wildman–Crippen LogP) is 4.44. The summed E-state index contributed by atoms with van der Waals surface area (Å²) in [7, 11) is 1.38. The summed E-state index contributed by atoms with van der Waals surface area (Å²) >= 11 is 6.10. The molecule has 1 nitrogen and oxygen atoms in total. The van der Waals surface area contributed by atoms with Crippen LogP contribution in [0.4, 0.5) is 8.78 Å². The first kappa shape index (κ1) is 12.6. The van der Waals surface area contributed by atoms with Crippen LogP contribution in [0, 0.1) is 17.6 Å². The zero-order valence-electron chi connectivity index (χ0n) is 9.68. The lowest BCUT2D eigenvalue weighted by atomic mass is 9.81. The number of benzene rings is 1. The molecule has 2 rings (SSSR count). The number of alkyl halides is 1. The van der Waals surface area contributed by atoms with Gasteiger partial charge in [0.1, 0.15) is 17.4 Å². The fourth-order valence-corrected chi connectivity index (χ4v) is 2.58. The smallest absolute Gasteiger partial charge is 0.134 e. The van der Waals surface area contributed by atoms with Crippen LogP contribution in [0.3, 0.4) is 0 Å². The van der Waals surface area contributed by atoms with Crippen LogP contribution in [0.25, 0.3) is 0 Å². The molecule has 0 aliphatic heterocycles. The molecule has 1 aliphatic carbocycles. The van der Waals surface area contributed by atoms with E-state index in [2.05, 4.69) is 0 Å². The number of hydrogen-bond donors (Lipinski definition) is 0. The standard InChI is InChI=1S/C13H15ClF2O/c1-17-9-6-11(15)13(12(16)7-9)10(14)5-8-3-2-4-8/h6-8,10H,2-5H2,1H3. The molecule has 94 valence electrons. The second-order valence-corrected chi connectivity index (χ2v) is 5.03. The maximum Gasteiger partial charge on any atom is 0.134 e. The Morgan fingerprint density at radius 2 is 1.94 bits per heavy atom. The van der Waals surface area contributed by atoms with Gasteiger partial charge in [-0.2, -0.15) is 0 Å². The quantitative estimate of drug-likeness (QED) is 0.727. The summed E-state index contributed by atoms with van der Waals surface area (Å²) < 4.78 is 32.2. The molecule has 0 amide bonds. The Bertz CT molecular complexity index is 381. The zero-order chi connectivity index (χ0) is 12.4. The second kappa shape index (κ2) is 5.21. The van der Waals surface area contributed by atoms with Crippen molar-refractivity contribution in [3.8, 4) is 5.75 Å². The van der Waals surface area contributed by atoms with E-state index in [4.69, 9.17) is 16.3 Å². The molecule has 1 atom stereocenters. The Kier molecular flexibility index (Phi) is 3.87. The highest BCUT2D eigenvalue weighted by Crippen LogP contribution is 2.39. The molecule has 0 N–H and O–H groups in total. The average molecular weight is 261 g/mol. The lowest BCUT2D eigenvalue weighted by Crippen LogP contribution is -2.14. The minimum atomic E-state index is -0.624. The largest absolute Gasteiger partial charge is 0.497 e. The van der Waals surface area contributed by atoms with Gasteiger partial charge in [-0.25, -0.2) is 8.78 Å². The summed E-state index contributed by atoms with van der Waals surface area (Å²) in [6.45, 7) is 0. The molecule has 1 aliphatic rings. The summed E-state index contributed by atoms with van der Waals surface area (Å²) in [5.41, 5.74) is -0.0284. The van der Waals surface area contributed by atoms with Gasteiger partial charge in [0.05, 0.1) is 12.5 Å². The number of rotatable bonds is 4. The molecule has 0 aromatic heterocycles. The Balaban J connectivity index is 2.18. The van der Waals surface area contributed by atoms with Gasteiger partial charge in [-0.05, 0) is 12.3 Å². The third kappa shape index (κ3) is 2.71. The first-order valence-corrected chi connectivity index (χ1v) is 6.22. The molecular weight excluding hydrogens is 246 g/mol. The monoisotopic (exact) mass is 260 g/mol. The maximum absolute atomic E-state index is 13.7. The first-order chi connectivity index (χ1) is 8.11. The van der Waals surface area contributed by atoms with E-state index in [-0.39, 0.29) is 11.3 Å². The molecule has 1 aromatic carbocycles. The second-order valence-electron chi connectivity index (χ2n) is 4.50. The molecule has 17 heavy (non-hydrogen) atoms. The molecule has 0 saturated heterocycles. The summed E-state index contributed by atoms with van der Waals surface area (Å²) in [5, 5.41) is -0.591. The van der Waals surface area contributed by atoms with Crippen LogP contribution < -0.4 is 4.74 Å². The van der Waals surface area contributed by atoms with E-state index in [1.165, 1.54) is 25.7 Å². The van der Waals surface area contributed by atoms with E-state index in [1.54, 1.807) is 0 Å². The van der Waals surface area contributed by atoms with Crippen molar-refractivity contribution in [3.05, 3.63) is 29.3 Å². The van der Waals surface area contributed by atoms with Gasteiger partial charge in [0.25, 0.3) is 0 Å². The highest BCUT2D eigenvalue weighted by molar-refractivity contribution is 6.20. The maximum atomic E-state index is 13.7. The van der Waals surface area contributed by atoms with Crippen LogP contribution >= 0.6 is 11.6 Å². The highest BCUT2D eigenvalue weighted by Gasteiger charge is 2.26. The first-order valence-electron chi connectivity index (χ1n) is 5.78. The van der Waals surface area contributed by atoms with Crippen LogP contribution in [0.2, 0.25) is 0 Å². The van der Waals surface area contributed by atoms with E-state index in [9.17, 15) is 8.78 Å². The van der Waals surface area contributed by atoms with Crippen LogP contribution in [0.15, 0.2) is 12.1 Å². The van der Waals surface area contributed by atoms with Gasteiger partial charge in [0, 0.05) is 17.7 Å². The van der Waals surface area contributed by atoms with Crippen LogP contribution in [-0.4, -0.2) is 7.11 Å². The van der Waals surface area contributed by atoms with Crippen LogP contribution in [0.1, 0.15) is 36.6 Å². The zero-order valence-corrected chi connectivity index (χ0v) is 10.4. The molecule has 1 saturated carbocycles. The molecule has 0 radical (unpaired) electrons. The fraction of sp³-hybridized carbons (Fsp3) is 0.538. The molecular formula is C13H15ClF2O. The number of methoxy groups -OCH3 is 1. The summed E-state index contributed by atoms with van der Waals surface area (Å²) in [6.07, 6.45) is 4.06. The third-order valence-corrected chi connectivity index (χ3v) is 3.76. The molecule has 1 fully saturated rings. The van der Waals surface area contributed by atoms with Crippen molar-refractivity contribution in [2.45, 2.75) is 31.1 Å². The lowest BCUT2D eigenvalue weighted by molar-refractivity contribution is 0.290. The Hall–Kier alpha value is -0.830.